The number of ether oxygens (including phenoxy) is 1. The molecule has 2 aromatic carbocycles. The molecule has 0 saturated heterocycles. The lowest BCUT2D eigenvalue weighted by Gasteiger charge is -2.12. The maximum absolute atomic E-state index is 9.27. The number of hydrogen-bond acceptors (Lipinski definition) is 4. The van der Waals surface area contributed by atoms with E-state index in [0.717, 1.165) is 9.37 Å². The van der Waals surface area contributed by atoms with E-state index in [2.05, 4.69) is 28.1 Å². The van der Waals surface area contributed by atoms with Gasteiger partial charge < -0.3 is 14.9 Å². The van der Waals surface area contributed by atoms with Crippen LogP contribution in [0.4, 0.5) is 0 Å². The highest BCUT2D eigenvalue weighted by Crippen LogP contribution is 2.33. The second kappa shape index (κ2) is 7.69. The summed E-state index contributed by atoms with van der Waals surface area (Å²) in [6.45, 7) is -0.236. The van der Waals surface area contributed by atoms with Gasteiger partial charge in [0.25, 0.3) is 0 Å². The smallest absolute Gasteiger partial charge is 0.133 e. The predicted molar refractivity (Wildman–Crippen MR) is 83.3 cm³/mol. The lowest BCUT2D eigenvalue weighted by atomic mass is 10.3. The van der Waals surface area contributed by atoms with Gasteiger partial charge in [-0.15, -0.1) is 0 Å². The molecule has 2 rings (SSSR count). The van der Waals surface area contributed by atoms with E-state index in [9.17, 15) is 5.11 Å². The van der Waals surface area contributed by atoms with Crippen molar-refractivity contribution < 1.29 is 14.9 Å². The van der Waals surface area contributed by atoms with Crippen molar-refractivity contribution in [2.24, 2.45) is 0 Å². The van der Waals surface area contributed by atoms with E-state index in [4.69, 9.17) is 9.84 Å². The highest BCUT2D eigenvalue weighted by molar-refractivity contribution is 9.10. The third-order valence-corrected chi connectivity index (χ3v) is 4.14. The number of aliphatic hydroxyl groups excluding tert-OH is 2. The maximum Gasteiger partial charge on any atom is 0.133 e. The molecule has 0 aliphatic carbocycles. The molecule has 0 aromatic heterocycles. The van der Waals surface area contributed by atoms with E-state index in [1.807, 2.05) is 36.4 Å². The van der Waals surface area contributed by atoms with Crippen LogP contribution in [0.3, 0.4) is 0 Å². The van der Waals surface area contributed by atoms with Crippen molar-refractivity contribution in [2.45, 2.75) is 15.9 Å². The molecule has 5 heteroatoms. The van der Waals surface area contributed by atoms with E-state index in [1.54, 1.807) is 11.8 Å². The minimum Gasteiger partial charge on any atom is -0.490 e. The van der Waals surface area contributed by atoms with Crippen molar-refractivity contribution in [1.29, 1.82) is 0 Å². The average molecular weight is 355 g/mol. The molecule has 3 nitrogen and oxygen atoms in total. The molecule has 0 bridgehead atoms. The fraction of sp³-hybridized carbons (Fsp3) is 0.200. The van der Waals surface area contributed by atoms with Crippen LogP contribution in [0.1, 0.15) is 0 Å². The SMILES string of the molecule is OC[C@@H](O)COc1ccc(Sc2ccccc2)cc1Br. The summed E-state index contributed by atoms with van der Waals surface area (Å²) < 4.78 is 6.25. The summed E-state index contributed by atoms with van der Waals surface area (Å²) in [6, 6.07) is 15.9. The van der Waals surface area contributed by atoms with Gasteiger partial charge in [0.2, 0.25) is 0 Å². The summed E-state index contributed by atoms with van der Waals surface area (Å²) >= 11 is 5.11. The van der Waals surface area contributed by atoms with Crippen molar-refractivity contribution >= 4 is 27.7 Å². The second-order valence-electron chi connectivity index (χ2n) is 4.15. The number of hydrogen-bond donors (Lipinski definition) is 2. The third-order valence-electron chi connectivity index (χ3n) is 2.52. The summed E-state index contributed by atoms with van der Waals surface area (Å²) in [5, 5.41) is 18.0. The molecular formula is C15H15BrO3S. The Balaban J connectivity index is 2.02. The molecule has 0 fully saturated rings. The molecule has 1 atom stereocenters. The van der Waals surface area contributed by atoms with Crippen LogP contribution in [0.2, 0.25) is 0 Å². The monoisotopic (exact) mass is 354 g/mol. The minimum absolute atomic E-state index is 0.0697. The molecule has 20 heavy (non-hydrogen) atoms. The van der Waals surface area contributed by atoms with Gasteiger partial charge in [0, 0.05) is 9.79 Å². The lowest BCUT2D eigenvalue weighted by Crippen LogP contribution is -2.21. The minimum atomic E-state index is -0.861. The van der Waals surface area contributed by atoms with E-state index in [-0.39, 0.29) is 13.2 Å². The topological polar surface area (TPSA) is 49.7 Å². The molecule has 0 unspecified atom stereocenters. The zero-order valence-corrected chi connectivity index (χ0v) is 13.1. The summed E-state index contributed by atoms with van der Waals surface area (Å²) in [6.07, 6.45) is -0.861. The molecule has 2 N–H and O–H groups in total. The van der Waals surface area contributed by atoms with Crippen molar-refractivity contribution in [3.63, 3.8) is 0 Å². The molecule has 0 aliphatic heterocycles. The van der Waals surface area contributed by atoms with E-state index in [1.165, 1.54) is 4.90 Å². The third kappa shape index (κ3) is 4.52. The van der Waals surface area contributed by atoms with E-state index < -0.39 is 6.10 Å². The summed E-state index contributed by atoms with van der Waals surface area (Å²) in [7, 11) is 0. The van der Waals surface area contributed by atoms with E-state index in [0.29, 0.717) is 5.75 Å². The molecule has 2 aromatic rings. The Kier molecular flexibility index (Phi) is 5.91. The van der Waals surface area contributed by atoms with Gasteiger partial charge >= 0.3 is 0 Å². The van der Waals surface area contributed by atoms with Crippen LogP contribution in [0.25, 0.3) is 0 Å². The van der Waals surface area contributed by atoms with E-state index >= 15 is 0 Å². The Morgan fingerprint density at radius 1 is 1.10 bits per heavy atom. The molecule has 0 radical (unpaired) electrons. The van der Waals surface area contributed by atoms with Gasteiger partial charge in [0.15, 0.2) is 0 Å². The zero-order chi connectivity index (χ0) is 14.4. The molecule has 0 aliphatic rings. The first-order valence-electron chi connectivity index (χ1n) is 6.13. The molecule has 0 heterocycles. The van der Waals surface area contributed by atoms with Crippen LogP contribution in [0.5, 0.6) is 5.75 Å². The Labute approximate surface area is 130 Å². The highest BCUT2D eigenvalue weighted by Gasteiger charge is 2.07. The van der Waals surface area contributed by atoms with Gasteiger partial charge in [-0.05, 0) is 46.3 Å². The van der Waals surface area contributed by atoms with Crippen LogP contribution in [0, 0.1) is 0 Å². The van der Waals surface area contributed by atoms with Gasteiger partial charge in [-0.3, -0.25) is 0 Å². The van der Waals surface area contributed by atoms with Crippen LogP contribution in [0.15, 0.2) is 62.8 Å². The van der Waals surface area contributed by atoms with Crippen molar-refractivity contribution in [3.8, 4) is 5.75 Å². The Hall–Kier alpha value is -1.01. The lowest BCUT2D eigenvalue weighted by molar-refractivity contribution is 0.0533. The standard InChI is InChI=1S/C15H15BrO3S/c16-14-8-13(20-12-4-2-1-3-5-12)6-7-15(14)19-10-11(18)9-17/h1-8,11,17-18H,9-10H2/t11-/m1/s1. The van der Waals surface area contributed by atoms with Crippen LogP contribution in [-0.4, -0.2) is 29.5 Å². The first-order chi connectivity index (χ1) is 9.69. The summed E-state index contributed by atoms with van der Waals surface area (Å²) in [5.74, 6) is 0.648. The average Bonchev–Trinajstić information content (AvgIpc) is 2.47. The van der Waals surface area contributed by atoms with Crippen LogP contribution < -0.4 is 4.74 Å². The molecule has 106 valence electrons. The van der Waals surface area contributed by atoms with Gasteiger partial charge in [0.05, 0.1) is 11.1 Å². The molecule has 0 saturated carbocycles. The first-order valence-corrected chi connectivity index (χ1v) is 7.74. The van der Waals surface area contributed by atoms with Crippen molar-refractivity contribution in [1.82, 2.24) is 0 Å². The number of rotatable bonds is 6. The Morgan fingerprint density at radius 3 is 2.50 bits per heavy atom. The van der Waals surface area contributed by atoms with Crippen LogP contribution in [-0.2, 0) is 0 Å². The molecule has 0 amide bonds. The van der Waals surface area contributed by atoms with Gasteiger partial charge in [-0.25, -0.2) is 0 Å². The normalized spacial score (nSPS) is 12.2. The summed E-state index contributed by atoms with van der Waals surface area (Å²) in [5.41, 5.74) is 0. The molecular weight excluding hydrogens is 340 g/mol. The predicted octanol–water partition coefficient (Wildman–Crippen LogP) is 3.33. The largest absolute Gasteiger partial charge is 0.490 e. The van der Waals surface area contributed by atoms with Crippen LogP contribution >= 0.6 is 27.7 Å². The zero-order valence-electron chi connectivity index (χ0n) is 10.7. The number of benzene rings is 2. The fourth-order valence-corrected chi connectivity index (χ4v) is 3.05. The number of halogens is 1. The first kappa shape index (κ1) is 15.4. The fourth-order valence-electron chi connectivity index (χ4n) is 1.53. The van der Waals surface area contributed by atoms with Crippen molar-refractivity contribution in [3.05, 3.63) is 53.0 Å². The van der Waals surface area contributed by atoms with Crippen molar-refractivity contribution in [2.75, 3.05) is 13.2 Å². The van der Waals surface area contributed by atoms with Gasteiger partial charge in [-0.2, -0.15) is 0 Å². The molecule has 0 spiro atoms. The number of aliphatic hydroxyl groups is 2. The van der Waals surface area contributed by atoms with Gasteiger partial charge in [0.1, 0.15) is 18.5 Å². The van der Waals surface area contributed by atoms with Gasteiger partial charge in [-0.1, -0.05) is 30.0 Å². The quantitative estimate of drug-likeness (QED) is 0.835. The highest BCUT2D eigenvalue weighted by atomic mass is 79.9. The Bertz CT molecular complexity index is 548. The second-order valence-corrected chi connectivity index (χ2v) is 6.16. The summed E-state index contributed by atoms with van der Waals surface area (Å²) in [4.78, 5) is 2.27. The Morgan fingerprint density at radius 2 is 1.85 bits per heavy atom. The maximum atomic E-state index is 9.27.